The fourth-order valence-corrected chi connectivity index (χ4v) is 2.66. The van der Waals surface area contributed by atoms with E-state index in [0.29, 0.717) is 6.04 Å². The number of nitrogens with zero attached hydrogens (tertiary/aromatic N) is 2. The summed E-state index contributed by atoms with van der Waals surface area (Å²) in [4.78, 5) is 4.61. The number of rotatable bonds is 2. The Hall–Kier alpha value is -1.30. The summed E-state index contributed by atoms with van der Waals surface area (Å²) >= 11 is 1.49. The van der Waals surface area contributed by atoms with Gasteiger partial charge in [-0.3, -0.25) is 0 Å². The third-order valence-electron chi connectivity index (χ3n) is 2.81. The highest BCUT2D eigenvalue weighted by atomic mass is 32.1. The minimum Gasteiger partial charge on any atom is -0.313 e. The first-order chi connectivity index (χ1) is 8.43. The molecule has 0 aliphatic carbocycles. The van der Waals surface area contributed by atoms with E-state index >= 15 is 0 Å². The molecule has 0 spiro atoms. The smallest absolute Gasteiger partial charge is 0.173 e. The van der Waals surface area contributed by atoms with Gasteiger partial charge in [-0.05, 0) is 11.5 Å². The molecule has 88 valence electrons. The maximum atomic E-state index is 4.61. The average Bonchev–Trinajstić information content (AvgIpc) is 2.90. The highest BCUT2D eigenvalue weighted by molar-refractivity contribution is 7.05. The van der Waals surface area contributed by atoms with Crippen LogP contribution in [0.25, 0.3) is 11.4 Å². The van der Waals surface area contributed by atoms with E-state index in [2.05, 4.69) is 20.0 Å². The molecule has 2 aromatic rings. The highest BCUT2D eigenvalue weighted by Gasteiger charge is 2.18. The summed E-state index contributed by atoms with van der Waals surface area (Å²) in [5.74, 6) is 0.831. The predicted molar refractivity (Wildman–Crippen MR) is 69.0 cm³/mol. The highest BCUT2D eigenvalue weighted by Crippen LogP contribution is 2.22. The Labute approximate surface area is 104 Å². The summed E-state index contributed by atoms with van der Waals surface area (Å²) in [5.41, 5.74) is 1.08. The van der Waals surface area contributed by atoms with E-state index in [1.807, 2.05) is 30.3 Å². The molecular formula is C12H14N4S. The van der Waals surface area contributed by atoms with Crippen molar-refractivity contribution in [2.24, 2.45) is 0 Å². The summed E-state index contributed by atoms with van der Waals surface area (Å²) in [7, 11) is 0. The van der Waals surface area contributed by atoms with Crippen LogP contribution >= 0.6 is 11.5 Å². The Morgan fingerprint density at radius 2 is 2.06 bits per heavy atom. The topological polar surface area (TPSA) is 49.8 Å². The molecule has 3 rings (SSSR count). The van der Waals surface area contributed by atoms with Gasteiger partial charge in [0.2, 0.25) is 0 Å². The second kappa shape index (κ2) is 4.91. The molecule has 1 aromatic carbocycles. The molecule has 1 aromatic heterocycles. The molecule has 1 fully saturated rings. The van der Waals surface area contributed by atoms with Crippen molar-refractivity contribution in [2.75, 3.05) is 19.6 Å². The molecule has 1 aliphatic rings. The second-order valence-electron chi connectivity index (χ2n) is 4.03. The zero-order valence-corrected chi connectivity index (χ0v) is 10.2. The quantitative estimate of drug-likeness (QED) is 0.842. The third-order valence-corrected chi connectivity index (χ3v) is 3.64. The van der Waals surface area contributed by atoms with Crippen molar-refractivity contribution in [1.82, 2.24) is 20.0 Å². The Balaban J connectivity index is 1.83. The van der Waals surface area contributed by atoms with E-state index in [9.17, 15) is 0 Å². The van der Waals surface area contributed by atoms with Gasteiger partial charge in [0.25, 0.3) is 0 Å². The lowest BCUT2D eigenvalue weighted by molar-refractivity contribution is 0.429. The monoisotopic (exact) mass is 246 g/mol. The Morgan fingerprint density at radius 1 is 1.18 bits per heavy atom. The number of hydrogen-bond donors (Lipinski definition) is 2. The zero-order valence-electron chi connectivity index (χ0n) is 9.39. The normalized spacial score (nSPS) is 20.4. The van der Waals surface area contributed by atoms with Crippen molar-refractivity contribution in [3.05, 3.63) is 35.3 Å². The molecular weight excluding hydrogens is 232 g/mol. The number of hydrogen-bond acceptors (Lipinski definition) is 5. The Bertz CT molecular complexity index is 476. The Morgan fingerprint density at radius 3 is 2.82 bits per heavy atom. The van der Waals surface area contributed by atoms with Crippen LogP contribution in [0.15, 0.2) is 30.3 Å². The van der Waals surface area contributed by atoms with Crippen LogP contribution in [0.4, 0.5) is 0 Å². The first-order valence-corrected chi connectivity index (χ1v) is 6.54. The predicted octanol–water partition coefficient (Wildman–Crippen LogP) is 1.44. The summed E-state index contributed by atoms with van der Waals surface area (Å²) in [5, 5.41) is 7.87. The van der Waals surface area contributed by atoms with Gasteiger partial charge in [0.1, 0.15) is 5.01 Å². The van der Waals surface area contributed by atoms with Crippen LogP contribution in [0.1, 0.15) is 11.0 Å². The molecule has 0 saturated carbocycles. The molecule has 1 aliphatic heterocycles. The molecule has 1 saturated heterocycles. The minimum absolute atomic E-state index is 0.304. The fourth-order valence-electron chi connectivity index (χ4n) is 1.91. The van der Waals surface area contributed by atoms with Crippen molar-refractivity contribution >= 4 is 11.5 Å². The number of nitrogens with one attached hydrogen (secondary N) is 2. The third kappa shape index (κ3) is 2.36. The van der Waals surface area contributed by atoms with Crippen molar-refractivity contribution in [3.8, 4) is 11.4 Å². The van der Waals surface area contributed by atoms with Gasteiger partial charge in [-0.25, -0.2) is 4.98 Å². The lowest BCUT2D eigenvalue weighted by Crippen LogP contribution is -2.42. The van der Waals surface area contributed by atoms with E-state index < -0.39 is 0 Å². The van der Waals surface area contributed by atoms with Crippen molar-refractivity contribution in [1.29, 1.82) is 0 Å². The standard InChI is InChI=1S/C12H14N4S/c1-2-4-9(5-3-1)11-15-12(17-16-11)10-8-13-6-7-14-10/h1-5,10,13-14H,6-8H2. The maximum Gasteiger partial charge on any atom is 0.173 e. The largest absolute Gasteiger partial charge is 0.313 e. The van der Waals surface area contributed by atoms with E-state index in [1.54, 1.807) is 0 Å². The maximum absolute atomic E-state index is 4.61. The SMILES string of the molecule is c1ccc(-c2nsc(C3CNCCN3)n2)cc1. The summed E-state index contributed by atoms with van der Waals surface area (Å²) in [6.07, 6.45) is 0. The number of aromatic nitrogens is 2. The van der Waals surface area contributed by atoms with Gasteiger partial charge in [0.15, 0.2) is 5.82 Å². The van der Waals surface area contributed by atoms with Crippen LogP contribution in [0.5, 0.6) is 0 Å². The minimum atomic E-state index is 0.304. The first kappa shape index (κ1) is 10.8. The first-order valence-electron chi connectivity index (χ1n) is 5.76. The lowest BCUT2D eigenvalue weighted by atomic mass is 10.2. The van der Waals surface area contributed by atoms with Gasteiger partial charge in [0.05, 0.1) is 6.04 Å². The van der Waals surface area contributed by atoms with Gasteiger partial charge in [0, 0.05) is 25.2 Å². The van der Waals surface area contributed by atoms with Gasteiger partial charge in [-0.2, -0.15) is 4.37 Å². The van der Waals surface area contributed by atoms with Crippen molar-refractivity contribution < 1.29 is 0 Å². The summed E-state index contributed by atoms with van der Waals surface area (Å²) < 4.78 is 4.42. The summed E-state index contributed by atoms with van der Waals surface area (Å²) in [6.45, 7) is 2.95. The van der Waals surface area contributed by atoms with E-state index in [4.69, 9.17) is 0 Å². The number of piperazine rings is 1. The van der Waals surface area contributed by atoms with Gasteiger partial charge in [-0.1, -0.05) is 30.3 Å². The molecule has 0 bridgehead atoms. The molecule has 17 heavy (non-hydrogen) atoms. The van der Waals surface area contributed by atoms with E-state index in [-0.39, 0.29) is 0 Å². The second-order valence-corrected chi connectivity index (χ2v) is 4.82. The van der Waals surface area contributed by atoms with E-state index in [0.717, 1.165) is 36.0 Å². The van der Waals surface area contributed by atoms with E-state index in [1.165, 1.54) is 11.5 Å². The van der Waals surface area contributed by atoms with Gasteiger partial charge >= 0.3 is 0 Å². The van der Waals surface area contributed by atoms with Crippen LogP contribution in [0.2, 0.25) is 0 Å². The van der Waals surface area contributed by atoms with Gasteiger partial charge in [-0.15, -0.1) is 0 Å². The summed E-state index contributed by atoms with van der Waals surface area (Å²) in [6, 6.07) is 10.4. The fraction of sp³-hybridized carbons (Fsp3) is 0.333. The van der Waals surface area contributed by atoms with Crippen LogP contribution in [0, 0.1) is 0 Å². The molecule has 0 radical (unpaired) electrons. The average molecular weight is 246 g/mol. The van der Waals surface area contributed by atoms with Crippen molar-refractivity contribution in [2.45, 2.75) is 6.04 Å². The molecule has 4 nitrogen and oxygen atoms in total. The van der Waals surface area contributed by atoms with Crippen molar-refractivity contribution in [3.63, 3.8) is 0 Å². The number of benzene rings is 1. The molecule has 1 unspecified atom stereocenters. The molecule has 0 amide bonds. The van der Waals surface area contributed by atoms with Crippen LogP contribution in [-0.4, -0.2) is 29.0 Å². The molecule has 2 heterocycles. The molecule has 2 N–H and O–H groups in total. The van der Waals surface area contributed by atoms with Crippen LogP contribution < -0.4 is 10.6 Å². The molecule has 1 atom stereocenters. The van der Waals surface area contributed by atoms with Gasteiger partial charge < -0.3 is 10.6 Å². The Kier molecular flexibility index (Phi) is 3.13. The lowest BCUT2D eigenvalue weighted by Gasteiger charge is -2.21. The molecule has 5 heteroatoms. The van der Waals surface area contributed by atoms with Crippen LogP contribution in [0.3, 0.4) is 0 Å². The zero-order chi connectivity index (χ0) is 11.5. The van der Waals surface area contributed by atoms with Crippen LogP contribution in [-0.2, 0) is 0 Å².